The zero-order valence-electron chi connectivity index (χ0n) is 16.2. The third-order valence-corrected chi connectivity index (χ3v) is 5.16. The van der Waals surface area contributed by atoms with Gasteiger partial charge >= 0.3 is 6.18 Å². The number of alkyl halides is 3. The van der Waals surface area contributed by atoms with Gasteiger partial charge in [-0.05, 0) is 38.0 Å². The van der Waals surface area contributed by atoms with E-state index in [9.17, 15) is 22.8 Å². The lowest BCUT2D eigenvalue weighted by Gasteiger charge is -2.32. The molecule has 2 amide bonds. The number of benzene rings is 1. The maximum atomic E-state index is 13.5. The lowest BCUT2D eigenvalue weighted by atomic mass is 10.0. The van der Waals surface area contributed by atoms with Gasteiger partial charge < -0.3 is 20.7 Å². The number of hydrogen-bond donors (Lipinski definition) is 3. The average molecular weight is 423 g/mol. The van der Waals surface area contributed by atoms with Crippen LogP contribution in [0, 0.1) is 0 Å². The zero-order valence-corrected chi connectivity index (χ0v) is 16.2. The van der Waals surface area contributed by atoms with Gasteiger partial charge in [0.25, 0.3) is 11.8 Å². The number of rotatable bonds is 3. The van der Waals surface area contributed by atoms with Crippen molar-refractivity contribution >= 4 is 29.0 Å². The second-order valence-electron chi connectivity index (χ2n) is 7.32. The highest BCUT2D eigenvalue weighted by Crippen LogP contribution is 2.40. The van der Waals surface area contributed by atoms with Crippen LogP contribution in [0.15, 0.2) is 24.3 Å². The first-order valence-electron chi connectivity index (χ1n) is 9.51. The minimum atomic E-state index is -4.47. The van der Waals surface area contributed by atoms with Crippen LogP contribution in [0.5, 0.6) is 5.75 Å². The van der Waals surface area contributed by atoms with Gasteiger partial charge in [0.15, 0.2) is 17.8 Å². The van der Waals surface area contributed by atoms with Crippen molar-refractivity contribution in [2.24, 2.45) is 0 Å². The predicted octanol–water partition coefficient (Wildman–Crippen LogP) is 3.55. The van der Waals surface area contributed by atoms with Crippen LogP contribution in [0.4, 0.5) is 30.4 Å². The summed E-state index contributed by atoms with van der Waals surface area (Å²) in [6.45, 7) is 3.41. The van der Waals surface area contributed by atoms with Crippen LogP contribution < -0.4 is 20.7 Å². The average Bonchev–Trinajstić information content (AvgIpc) is 3.11. The standard InChI is InChI=1S/C19H20F3N5O3/c1-3-10-7-15(19(20,21)22)27-16(23-10)8-13(26-27)18(29)24-11-4-5-14-12(6-11)25-17(28)9(2)30-14/h4-6,8-10,15,23H,3,7H2,1-2H3,(H,24,29)(H,25,28)/t9-,10-,15-/m1/s1. The molecule has 30 heavy (non-hydrogen) atoms. The Morgan fingerprint density at radius 1 is 1.37 bits per heavy atom. The molecule has 0 saturated carbocycles. The number of carbonyl (C=O) groups is 2. The highest BCUT2D eigenvalue weighted by molar-refractivity contribution is 6.04. The van der Waals surface area contributed by atoms with Crippen molar-refractivity contribution in [3.05, 3.63) is 30.0 Å². The van der Waals surface area contributed by atoms with Crippen LogP contribution in [0.1, 0.15) is 43.2 Å². The van der Waals surface area contributed by atoms with Crippen molar-refractivity contribution in [3.63, 3.8) is 0 Å². The van der Waals surface area contributed by atoms with Gasteiger partial charge in [-0.1, -0.05) is 6.92 Å². The molecule has 2 aliphatic rings. The summed E-state index contributed by atoms with van der Waals surface area (Å²) >= 11 is 0. The summed E-state index contributed by atoms with van der Waals surface area (Å²) in [6, 6.07) is 3.83. The molecular formula is C19H20F3N5O3. The lowest BCUT2D eigenvalue weighted by Crippen LogP contribution is -2.38. The van der Waals surface area contributed by atoms with E-state index < -0.39 is 24.2 Å². The first-order valence-corrected chi connectivity index (χ1v) is 9.51. The summed E-state index contributed by atoms with van der Waals surface area (Å²) in [5.74, 6) is -0.368. The quantitative estimate of drug-likeness (QED) is 0.702. The molecule has 0 aliphatic carbocycles. The van der Waals surface area contributed by atoms with E-state index in [-0.39, 0.29) is 29.9 Å². The Balaban J connectivity index is 1.56. The maximum absolute atomic E-state index is 13.5. The second kappa shape index (κ2) is 7.22. The van der Waals surface area contributed by atoms with E-state index in [2.05, 4.69) is 21.0 Å². The summed E-state index contributed by atoms with van der Waals surface area (Å²) < 4.78 is 46.7. The minimum Gasteiger partial charge on any atom is -0.479 e. The fraction of sp³-hybridized carbons (Fsp3) is 0.421. The van der Waals surface area contributed by atoms with Crippen LogP contribution in [0.25, 0.3) is 0 Å². The van der Waals surface area contributed by atoms with Crippen molar-refractivity contribution in [2.45, 2.75) is 51.1 Å². The number of nitrogens with zero attached hydrogens (tertiary/aromatic N) is 2. The van der Waals surface area contributed by atoms with E-state index in [0.29, 0.717) is 23.5 Å². The van der Waals surface area contributed by atoms with Crippen molar-refractivity contribution in [2.75, 3.05) is 16.0 Å². The molecule has 0 unspecified atom stereocenters. The van der Waals surface area contributed by atoms with E-state index in [1.54, 1.807) is 26.0 Å². The molecule has 1 aromatic carbocycles. The van der Waals surface area contributed by atoms with Gasteiger partial charge in [0, 0.05) is 17.8 Å². The summed E-state index contributed by atoms with van der Waals surface area (Å²) in [7, 11) is 0. The number of ether oxygens (including phenoxy) is 1. The molecule has 0 fully saturated rings. The number of amides is 2. The van der Waals surface area contributed by atoms with Crippen LogP contribution in [-0.2, 0) is 4.79 Å². The largest absolute Gasteiger partial charge is 0.479 e. The highest BCUT2D eigenvalue weighted by Gasteiger charge is 2.46. The summed E-state index contributed by atoms with van der Waals surface area (Å²) in [4.78, 5) is 24.4. The van der Waals surface area contributed by atoms with Gasteiger partial charge in [-0.15, -0.1) is 0 Å². The van der Waals surface area contributed by atoms with Gasteiger partial charge in [-0.25, -0.2) is 4.68 Å². The Kier molecular flexibility index (Phi) is 4.83. The number of halogens is 3. The molecule has 160 valence electrons. The Morgan fingerprint density at radius 2 is 2.13 bits per heavy atom. The second-order valence-corrected chi connectivity index (χ2v) is 7.32. The SMILES string of the molecule is CC[C@@H]1C[C@H](C(F)(F)F)n2nc(C(=O)Nc3ccc4c(c3)NC(=O)[C@@H](C)O4)cc2N1. The van der Waals surface area contributed by atoms with Crippen LogP contribution in [0.2, 0.25) is 0 Å². The molecule has 0 radical (unpaired) electrons. The molecule has 4 rings (SSSR count). The molecule has 2 aliphatic heterocycles. The molecule has 3 atom stereocenters. The fourth-order valence-electron chi connectivity index (χ4n) is 3.51. The minimum absolute atomic E-state index is 0.143. The molecule has 1 aromatic heterocycles. The topological polar surface area (TPSA) is 97.3 Å². The van der Waals surface area contributed by atoms with Crippen LogP contribution in [0.3, 0.4) is 0 Å². The molecule has 0 saturated heterocycles. The Morgan fingerprint density at radius 3 is 2.83 bits per heavy atom. The molecule has 8 nitrogen and oxygen atoms in total. The number of hydrogen-bond acceptors (Lipinski definition) is 5. The van der Waals surface area contributed by atoms with Crippen molar-refractivity contribution in [1.29, 1.82) is 0 Å². The molecule has 11 heteroatoms. The van der Waals surface area contributed by atoms with Gasteiger partial charge in [0.2, 0.25) is 0 Å². The van der Waals surface area contributed by atoms with Crippen LogP contribution >= 0.6 is 0 Å². The number of aromatic nitrogens is 2. The third kappa shape index (κ3) is 3.66. The van der Waals surface area contributed by atoms with Gasteiger partial charge in [-0.3, -0.25) is 9.59 Å². The van der Waals surface area contributed by atoms with Gasteiger partial charge in [0.05, 0.1) is 5.69 Å². The number of nitrogens with one attached hydrogen (secondary N) is 3. The van der Waals surface area contributed by atoms with E-state index in [4.69, 9.17) is 4.74 Å². The summed E-state index contributed by atoms with van der Waals surface area (Å²) in [5, 5.41) is 12.2. The summed E-state index contributed by atoms with van der Waals surface area (Å²) in [6.07, 6.45) is -4.74. The zero-order chi connectivity index (χ0) is 21.6. The van der Waals surface area contributed by atoms with E-state index in [1.807, 2.05) is 0 Å². The molecule has 0 bridgehead atoms. The van der Waals surface area contributed by atoms with E-state index >= 15 is 0 Å². The van der Waals surface area contributed by atoms with Gasteiger partial charge in [-0.2, -0.15) is 18.3 Å². The Labute approximate surface area is 169 Å². The van der Waals surface area contributed by atoms with Crippen molar-refractivity contribution in [1.82, 2.24) is 9.78 Å². The molecule has 0 spiro atoms. The van der Waals surface area contributed by atoms with Crippen molar-refractivity contribution < 1.29 is 27.5 Å². The first-order chi connectivity index (χ1) is 14.2. The smallest absolute Gasteiger partial charge is 0.410 e. The normalized spacial score (nSPS) is 22.8. The Hall–Kier alpha value is -3.24. The number of fused-ring (bicyclic) bond motifs is 2. The summed E-state index contributed by atoms with van der Waals surface area (Å²) in [5.41, 5.74) is 0.592. The van der Waals surface area contributed by atoms with Gasteiger partial charge in [0.1, 0.15) is 11.6 Å². The molecule has 3 N–H and O–H groups in total. The lowest BCUT2D eigenvalue weighted by molar-refractivity contribution is -0.173. The van der Waals surface area contributed by atoms with Crippen LogP contribution in [-0.4, -0.2) is 39.9 Å². The molecule has 2 aromatic rings. The first kappa shape index (κ1) is 20.0. The van der Waals surface area contributed by atoms with E-state index in [0.717, 1.165) is 4.68 Å². The fourth-order valence-corrected chi connectivity index (χ4v) is 3.51. The maximum Gasteiger partial charge on any atom is 0.410 e. The predicted molar refractivity (Wildman–Crippen MR) is 103 cm³/mol. The van der Waals surface area contributed by atoms with E-state index in [1.165, 1.54) is 12.1 Å². The number of anilines is 3. The third-order valence-electron chi connectivity index (χ3n) is 5.16. The number of carbonyl (C=O) groups excluding carboxylic acids is 2. The highest BCUT2D eigenvalue weighted by atomic mass is 19.4. The van der Waals surface area contributed by atoms with Crippen molar-refractivity contribution in [3.8, 4) is 5.75 Å². The molecular weight excluding hydrogens is 403 g/mol. The Bertz CT molecular complexity index is 1000. The monoisotopic (exact) mass is 423 g/mol. The molecule has 3 heterocycles.